The van der Waals surface area contributed by atoms with E-state index in [2.05, 4.69) is 25.6 Å². The van der Waals surface area contributed by atoms with E-state index in [0.717, 1.165) is 24.5 Å². The Morgan fingerprint density at radius 3 is 2.94 bits per heavy atom. The van der Waals surface area contributed by atoms with Gasteiger partial charge in [-0.3, -0.25) is 9.58 Å². The Morgan fingerprint density at radius 2 is 2.24 bits per heavy atom. The highest BCUT2D eigenvalue weighted by molar-refractivity contribution is 7.07. The van der Waals surface area contributed by atoms with E-state index in [1.54, 1.807) is 16.0 Å². The molecule has 0 spiro atoms. The van der Waals surface area contributed by atoms with Gasteiger partial charge in [0, 0.05) is 31.2 Å². The molecule has 0 saturated heterocycles. The summed E-state index contributed by atoms with van der Waals surface area (Å²) in [4.78, 5) is 6.41. The minimum atomic E-state index is 0.581. The molecule has 0 aliphatic heterocycles. The first-order valence-electron chi connectivity index (χ1n) is 5.42. The molecule has 6 nitrogen and oxygen atoms in total. The maximum Gasteiger partial charge on any atom is 0.0967 e. The Hall–Kier alpha value is -1.31. The van der Waals surface area contributed by atoms with E-state index in [-0.39, 0.29) is 0 Å². The fourth-order valence-electron chi connectivity index (χ4n) is 1.58. The first-order chi connectivity index (χ1) is 8.28. The van der Waals surface area contributed by atoms with Crippen LogP contribution in [0, 0.1) is 0 Å². The van der Waals surface area contributed by atoms with Gasteiger partial charge in [0.1, 0.15) is 0 Å². The molecular formula is C10H16N6S. The summed E-state index contributed by atoms with van der Waals surface area (Å²) < 4.78 is 1.77. The van der Waals surface area contributed by atoms with Crippen molar-refractivity contribution in [2.75, 3.05) is 13.6 Å². The van der Waals surface area contributed by atoms with E-state index in [4.69, 9.17) is 5.73 Å². The van der Waals surface area contributed by atoms with Crippen LogP contribution < -0.4 is 5.73 Å². The Labute approximate surface area is 104 Å². The van der Waals surface area contributed by atoms with Crippen molar-refractivity contribution in [2.24, 2.45) is 5.73 Å². The minimum Gasteiger partial charge on any atom is -0.329 e. The lowest BCUT2D eigenvalue weighted by atomic mass is 10.4. The molecule has 0 unspecified atom stereocenters. The highest BCUT2D eigenvalue weighted by Gasteiger charge is 2.06. The van der Waals surface area contributed by atoms with Crippen LogP contribution in [0.5, 0.6) is 0 Å². The van der Waals surface area contributed by atoms with E-state index in [1.807, 2.05) is 18.8 Å². The molecule has 2 N–H and O–H groups in total. The van der Waals surface area contributed by atoms with Gasteiger partial charge in [-0.15, -0.1) is 16.4 Å². The summed E-state index contributed by atoms with van der Waals surface area (Å²) in [6.45, 7) is 2.88. The van der Waals surface area contributed by atoms with Gasteiger partial charge in [-0.05, 0) is 7.05 Å². The average Bonchev–Trinajstić information content (AvgIpc) is 2.91. The molecule has 0 aliphatic rings. The van der Waals surface area contributed by atoms with E-state index in [9.17, 15) is 0 Å². The van der Waals surface area contributed by atoms with E-state index in [0.29, 0.717) is 13.1 Å². The molecule has 7 heteroatoms. The maximum atomic E-state index is 5.46. The number of thiazole rings is 1. The van der Waals surface area contributed by atoms with Crippen molar-refractivity contribution in [3.05, 3.63) is 28.5 Å². The van der Waals surface area contributed by atoms with Crippen molar-refractivity contribution in [3.8, 4) is 0 Å². The lowest BCUT2D eigenvalue weighted by Gasteiger charge is -2.12. The summed E-state index contributed by atoms with van der Waals surface area (Å²) in [5.41, 5.74) is 9.35. The van der Waals surface area contributed by atoms with Crippen LogP contribution in [0.4, 0.5) is 0 Å². The van der Waals surface area contributed by atoms with Gasteiger partial charge in [0.05, 0.1) is 23.4 Å². The highest BCUT2D eigenvalue weighted by atomic mass is 32.1. The van der Waals surface area contributed by atoms with Crippen LogP contribution in [-0.2, 0) is 19.6 Å². The lowest BCUT2D eigenvalue weighted by Crippen LogP contribution is -2.17. The number of aromatic nitrogens is 4. The van der Waals surface area contributed by atoms with Crippen LogP contribution in [0.1, 0.15) is 11.4 Å². The van der Waals surface area contributed by atoms with Crippen LogP contribution in [0.2, 0.25) is 0 Å². The van der Waals surface area contributed by atoms with Crippen LogP contribution in [0.25, 0.3) is 0 Å². The molecule has 92 valence electrons. The summed E-state index contributed by atoms with van der Waals surface area (Å²) >= 11 is 1.61. The molecule has 0 atom stereocenters. The standard InChI is InChI=1S/C10H16N6S/c1-15(5-10-7-17-8-12-10)4-9-6-16(3-2-11)14-13-9/h6-8H,2-5,11H2,1H3. The summed E-state index contributed by atoms with van der Waals surface area (Å²) in [7, 11) is 2.04. The minimum absolute atomic E-state index is 0.581. The fraction of sp³-hybridized carbons (Fsp3) is 0.500. The van der Waals surface area contributed by atoms with Gasteiger partial charge in [0.25, 0.3) is 0 Å². The molecule has 2 heterocycles. The first kappa shape index (κ1) is 12.2. The second-order valence-corrected chi connectivity index (χ2v) is 4.63. The van der Waals surface area contributed by atoms with Gasteiger partial charge in [0.2, 0.25) is 0 Å². The fourth-order valence-corrected chi connectivity index (χ4v) is 2.13. The second kappa shape index (κ2) is 5.85. The highest BCUT2D eigenvalue weighted by Crippen LogP contribution is 2.06. The molecule has 0 saturated carbocycles. The van der Waals surface area contributed by atoms with Crippen LogP contribution >= 0.6 is 11.3 Å². The van der Waals surface area contributed by atoms with Gasteiger partial charge in [-0.2, -0.15) is 0 Å². The Morgan fingerprint density at radius 1 is 1.41 bits per heavy atom. The van der Waals surface area contributed by atoms with E-state index >= 15 is 0 Å². The van der Waals surface area contributed by atoms with Crippen molar-refractivity contribution in [1.29, 1.82) is 0 Å². The zero-order valence-corrected chi connectivity index (χ0v) is 10.6. The topological polar surface area (TPSA) is 72.9 Å². The number of hydrogen-bond donors (Lipinski definition) is 1. The smallest absolute Gasteiger partial charge is 0.0967 e. The number of nitrogens with zero attached hydrogens (tertiary/aromatic N) is 5. The predicted molar refractivity (Wildman–Crippen MR) is 66.4 cm³/mol. The molecule has 0 amide bonds. The van der Waals surface area contributed by atoms with Crippen LogP contribution in [0.15, 0.2) is 17.1 Å². The van der Waals surface area contributed by atoms with Gasteiger partial charge < -0.3 is 5.73 Å². The third-order valence-corrected chi connectivity index (χ3v) is 2.93. The second-order valence-electron chi connectivity index (χ2n) is 3.91. The predicted octanol–water partition coefficient (Wildman–Crippen LogP) is 0.325. The van der Waals surface area contributed by atoms with E-state index in [1.165, 1.54) is 0 Å². The van der Waals surface area contributed by atoms with Crippen LogP contribution in [0.3, 0.4) is 0 Å². The quantitative estimate of drug-likeness (QED) is 0.802. The lowest BCUT2D eigenvalue weighted by molar-refractivity contribution is 0.311. The molecular weight excluding hydrogens is 236 g/mol. The molecule has 2 aromatic rings. The third-order valence-electron chi connectivity index (χ3n) is 2.29. The number of nitrogens with two attached hydrogens (primary N) is 1. The van der Waals surface area contributed by atoms with Gasteiger partial charge in [0.15, 0.2) is 0 Å². The molecule has 0 fully saturated rings. The maximum absolute atomic E-state index is 5.46. The van der Waals surface area contributed by atoms with Crippen molar-refractivity contribution in [3.63, 3.8) is 0 Å². The Balaban J connectivity index is 1.86. The number of hydrogen-bond acceptors (Lipinski definition) is 6. The van der Waals surface area contributed by atoms with Crippen molar-refractivity contribution < 1.29 is 0 Å². The zero-order chi connectivity index (χ0) is 12.1. The van der Waals surface area contributed by atoms with E-state index < -0.39 is 0 Å². The zero-order valence-electron chi connectivity index (χ0n) is 9.78. The largest absolute Gasteiger partial charge is 0.329 e. The van der Waals surface area contributed by atoms with Crippen LogP contribution in [-0.4, -0.2) is 38.5 Å². The van der Waals surface area contributed by atoms with Crippen molar-refractivity contribution in [1.82, 2.24) is 24.9 Å². The SMILES string of the molecule is CN(Cc1cscn1)Cc1cn(CCN)nn1. The van der Waals surface area contributed by atoms with Crippen molar-refractivity contribution >= 4 is 11.3 Å². The Kier molecular flexibility index (Phi) is 4.18. The van der Waals surface area contributed by atoms with Gasteiger partial charge in [-0.1, -0.05) is 5.21 Å². The van der Waals surface area contributed by atoms with Gasteiger partial charge >= 0.3 is 0 Å². The molecule has 0 aromatic carbocycles. The Bertz CT molecular complexity index is 437. The normalized spacial score (nSPS) is 11.2. The molecule has 2 aromatic heterocycles. The average molecular weight is 252 g/mol. The molecule has 17 heavy (non-hydrogen) atoms. The third kappa shape index (κ3) is 3.58. The number of rotatable bonds is 6. The summed E-state index contributed by atoms with van der Waals surface area (Å²) in [5, 5.41) is 10.2. The molecule has 0 aliphatic carbocycles. The molecule has 0 radical (unpaired) electrons. The van der Waals surface area contributed by atoms with Crippen molar-refractivity contribution in [2.45, 2.75) is 19.6 Å². The van der Waals surface area contributed by atoms with Gasteiger partial charge in [-0.25, -0.2) is 4.98 Å². The summed E-state index contributed by atoms with van der Waals surface area (Å²) in [6, 6.07) is 0. The monoisotopic (exact) mass is 252 g/mol. The molecule has 0 bridgehead atoms. The summed E-state index contributed by atoms with van der Waals surface area (Å²) in [5.74, 6) is 0. The summed E-state index contributed by atoms with van der Waals surface area (Å²) in [6.07, 6.45) is 1.93. The first-order valence-corrected chi connectivity index (χ1v) is 6.37. The molecule has 2 rings (SSSR count).